The summed E-state index contributed by atoms with van der Waals surface area (Å²) in [7, 11) is 1.55. The van der Waals surface area contributed by atoms with Crippen molar-refractivity contribution in [2.24, 2.45) is 0 Å². The summed E-state index contributed by atoms with van der Waals surface area (Å²) >= 11 is 6.62. The zero-order valence-corrected chi connectivity index (χ0v) is 19.8. The van der Waals surface area contributed by atoms with Gasteiger partial charge in [0.25, 0.3) is 11.1 Å². The van der Waals surface area contributed by atoms with E-state index >= 15 is 0 Å². The molecule has 29 heavy (non-hydrogen) atoms. The van der Waals surface area contributed by atoms with Gasteiger partial charge < -0.3 is 9.47 Å². The van der Waals surface area contributed by atoms with Crippen LogP contribution in [0.1, 0.15) is 11.1 Å². The molecule has 1 aliphatic rings. The van der Waals surface area contributed by atoms with Crippen molar-refractivity contribution < 1.29 is 19.1 Å². The van der Waals surface area contributed by atoms with Crippen LogP contribution in [-0.2, 0) is 11.4 Å². The summed E-state index contributed by atoms with van der Waals surface area (Å²) < 4.78 is 13.2. The Hall–Kier alpha value is -1.96. The predicted octanol–water partition coefficient (Wildman–Crippen LogP) is 5.31. The van der Waals surface area contributed by atoms with Crippen LogP contribution in [0.4, 0.5) is 4.79 Å². The maximum Gasteiger partial charge on any atom is 0.294 e. The Morgan fingerprint density at radius 3 is 2.66 bits per heavy atom. The maximum atomic E-state index is 12.4. The predicted molar refractivity (Wildman–Crippen MR) is 126 cm³/mol. The molecule has 0 bridgehead atoms. The van der Waals surface area contributed by atoms with Crippen LogP contribution in [0, 0.1) is 15.9 Å². The second kappa shape index (κ2) is 9.69. The van der Waals surface area contributed by atoms with Gasteiger partial charge in [0.15, 0.2) is 11.5 Å². The van der Waals surface area contributed by atoms with E-state index in [2.05, 4.69) is 44.4 Å². The third-order valence-corrected chi connectivity index (χ3v) is 6.18. The molecule has 5 nitrogen and oxygen atoms in total. The molecule has 0 saturated carbocycles. The summed E-state index contributed by atoms with van der Waals surface area (Å²) in [4.78, 5) is 25.6. The van der Waals surface area contributed by atoms with Crippen molar-refractivity contribution in [1.82, 2.24) is 4.90 Å². The standard InChI is InChI=1S/C21H15BrINO4S/c1-3-8-24-20(25)18(29-21(24)26)11-14-9-16(22)19(17(10-14)27-2)28-12-13-4-6-15(23)7-5-13/h1,4-7,9-11H,8,12H2,2H3/b18-11+. The molecule has 0 spiro atoms. The van der Waals surface area contributed by atoms with Gasteiger partial charge in [0.05, 0.1) is 23.0 Å². The van der Waals surface area contributed by atoms with Gasteiger partial charge in [-0.15, -0.1) is 6.42 Å². The van der Waals surface area contributed by atoms with Crippen molar-refractivity contribution in [2.75, 3.05) is 13.7 Å². The number of terminal acetylenes is 1. The lowest BCUT2D eigenvalue weighted by Crippen LogP contribution is -2.28. The number of ether oxygens (including phenoxy) is 2. The van der Waals surface area contributed by atoms with Gasteiger partial charge in [0.1, 0.15) is 6.61 Å². The highest BCUT2D eigenvalue weighted by Crippen LogP contribution is 2.39. The second-order valence-electron chi connectivity index (χ2n) is 5.92. The zero-order valence-electron chi connectivity index (χ0n) is 15.3. The van der Waals surface area contributed by atoms with E-state index in [1.165, 1.54) is 0 Å². The van der Waals surface area contributed by atoms with Crippen LogP contribution in [0.2, 0.25) is 0 Å². The van der Waals surface area contributed by atoms with Gasteiger partial charge in [-0.05, 0) is 91.8 Å². The molecular weight excluding hydrogens is 569 g/mol. The van der Waals surface area contributed by atoms with Gasteiger partial charge in [-0.25, -0.2) is 0 Å². The molecule has 0 N–H and O–H groups in total. The lowest BCUT2D eigenvalue weighted by Gasteiger charge is -2.14. The number of thioether (sulfide) groups is 1. The average molecular weight is 584 g/mol. The molecule has 0 atom stereocenters. The van der Waals surface area contributed by atoms with Crippen molar-refractivity contribution in [2.45, 2.75) is 6.61 Å². The first-order valence-corrected chi connectivity index (χ1v) is 11.1. The van der Waals surface area contributed by atoms with Gasteiger partial charge in [-0.1, -0.05) is 18.1 Å². The quantitative estimate of drug-likeness (QED) is 0.262. The average Bonchev–Trinajstić information content (AvgIpc) is 2.96. The van der Waals surface area contributed by atoms with Gasteiger partial charge in [-0.2, -0.15) is 0 Å². The lowest BCUT2D eigenvalue weighted by molar-refractivity contribution is -0.122. The molecule has 2 aromatic rings. The zero-order chi connectivity index (χ0) is 21.0. The lowest BCUT2D eigenvalue weighted by atomic mass is 10.1. The fourth-order valence-electron chi connectivity index (χ4n) is 2.58. The summed E-state index contributed by atoms with van der Waals surface area (Å²) in [6, 6.07) is 11.6. The van der Waals surface area contributed by atoms with Crippen molar-refractivity contribution in [3.05, 3.63) is 60.5 Å². The number of methoxy groups -OCH3 is 1. The number of benzene rings is 2. The molecule has 8 heteroatoms. The second-order valence-corrected chi connectivity index (χ2v) is 9.01. The van der Waals surface area contributed by atoms with Crippen LogP contribution in [-0.4, -0.2) is 29.7 Å². The summed E-state index contributed by atoms with van der Waals surface area (Å²) in [5.74, 6) is 3.00. The Balaban J connectivity index is 1.83. The maximum absolute atomic E-state index is 12.4. The van der Waals surface area contributed by atoms with Crippen molar-refractivity contribution in [3.8, 4) is 23.8 Å². The number of hydrogen-bond acceptors (Lipinski definition) is 5. The molecule has 2 amide bonds. The smallest absolute Gasteiger partial charge is 0.294 e. The highest BCUT2D eigenvalue weighted by molar-refractivity contribution is 14.1. The minimum absolute atomic E-state index is 0.0413. The molecule has 148 valence electrons. The number of rotatable bonds is 6. The highest BCUT2D eigenvalue weighted by Gasteiger charge is 2.34. The first-order valence-electron chi connectivity index (χ1n) is 8.36. The van der Waals surface area contributed by atoms with Gasteiger partial charge in [-0.3, -0.25) is 14.5 Å². The third kappa shape index (κ3) is 5.15. The molecule has 2 aromatic carbocycles. The fourth-order valence-corrected chi connectivity index (χ4v) is 4.35. The number of amides is 2. The van der Waals surface area contributed by atoms with Gasteiger partial charge in [0, 0.05) is 3.57 Å². The first kappa shape index (κ1) is 21.7. The molecule has 0 aromatic heterocycles. The normalized spacial score (nSPS) is 15.0. The summed E-state index contributed by atoms with van der Waals surface area (Å²) in [5, 5.41) is -0.372. The Bertz CT molecular complexity index is 1030. The van der Waals surface area contributed by atoms with E-state index in [9.17, 15) is 9.59 Å². The summed E-state index contributed by atoms with van der Waals surface area (Å²) in [6.07, 6.45) is 6.86. The molecule has 0 aliphatic carbocycles. The Kier molecular flexibility index (Phi) is 7.27. The van der Waals surface area contributed by atoms with Crippen LogP contribution >= 0.6 is 50.3 Å². The SMILES string of the molecule is C#CCN1C(=O)S/C(=C/c2cc(Br)c(OCc3ccc(I)cc3)c(OC)c2)C1=O. The number of imide groups is 1. The number of carbonyl (C=O) groups excluding carboxylic acids is 2. The minimum atomic E-state index is -0.396. The van der Waals surface area contributed by atoms with Crippen LogP contribution in [0.3, 0.4) is 0 Å². The van der Waals surface area contributed by atoms with E-state index in [4.69, 9.17) is 15.9 Å². The van der Waals surface area contributed by atoms with Crippen LogP contribution in [0.15, 0.2) is 45.8 Å². The van der Waals surface area contributed by atoms with E-state index < -0.39 is 5.91 Å². The van der Waals surface area contributed by atoms with Crippen LogP contribution in [0.5, 0.6) is 11.5 Å². The van der Waals surface area contributed by atoms with Crippen LogP contribution in [0.25, 0.3) is 6.08 Å². The van der Waals surface area contributed by atoms with Crippen molar-refractivity contribution in [1.29, 1.82) is 0 Å². The van der Waals surface area contributed by atoms with E-state index in [0.29, 0.717) is 33.0 Å². The summed E-state index contributed by atoms with van der Waals surface area (Å²) in [5.41, 5.74) is 1.73. The number of hydrogen-bond donors (Lipinski definition) is 0. The Labute approximate surface area is 195 Å². The Morgan fingerprint density at radius 2 is 2.00 bits per heavy atom. The Morgan fingerprint density at radius 1 is 1.28 bits per heavy atom. The van der Waals surface area contributed by atoms with Crippen molar-refractivity contribution >= 4 is 67.5 Å². The molecule has 1 saturated heterocycles. The molecule has 1 heterocycles. The number of nitrogens with zero attached hydrogens (tertiary/aromatic N) is 1. The molecule has 3 rings (SSSR count). The molecule has 1 aliphatic heterocycles. The molecular formula is C21H15BrINO4S. The van der Waals surface area contributed by atoms with Gasteiger partial charge in [0.2, 0.25) is 0 Å². The first-order chi connectivity index (χ1) is 13.9. The molecule has 0 radical (unpaired) electrons. The largest absolute Gasteiger partial charge is 0.493 e. The van der Waals surface area contributed by atoms with E-state index in [-0.39, 0.29) is 11.8 Å². The van der Waals surface area contributed by atoms with Crippen LogP contribution < -0.4 is 9.47 Å². The van der Waals surface area contributed by atoms with E-state index in [1.807, 2.05) is 24.3 Å². The van der Waals surface area contributed by atoms with Crippen molar-refractivity contribution in [3.63, 3.8) is 0 Å². The number of halogens is 2. The monoisotopic (exact) mass is 583 g/mol. The number of carbonyl (C=O) groups is 2. The topological polar surface area (TPSA) is 55.8 Å². The van der Waals surface area contributed by atoms with Gasteiger partial charge >= 0.3 is 0 Å². The molecule has 0 unspecified atom stereocenters. The highest BCUT2D eigenvalue weighted by atomic mass is 127. The fraction of sp³-hybridized carbons (Fsp3) is 0.143. The van der Waals surface area contributed by atoms with E-state index in [1.54, 1.807) is 25.3 Å². The van der Waals surface area contributed by atoms with E-state index in [0.717, 1.165) is 25.8 Å². The minimum Gasteiger partial charge on any atom is -0.493 e. The summed E-state index contributed by atoms with van der Waals surface area (Å²) in [6.45, 7) is 0.344. The molecule has 1 fully saturated rings. The third-order valence-electron chi connectivity index (χ3n) is 3.97.